The summed E-state index contributed by atoms with van der Waals surface area (Å²) in [6.45, 7) is 3.02. The molecule has 13 heavy (non-hydrogen) atoms. The lowest BCUT2D eigenvalue weighted by molar-refractivity contribution is -0.140. The largest absolute Gasteiger partial charge is 0.469 e. The van der Waals surface area contributed by atoms with E-state index in [1.165, 1.54) is 26.4 Å². The Morgan fingerprint density at radius 1 is 1.54 bits per heavy atom. The van der Waals surface area contributed by atoms with Crippen molar-refractivity contribution in [3.05, 3.63) is 0 Å². The van der Waals surface area contributed by atoms with Crippen LogP contribution in [0.5, 0.6) is 0 Å². The quantitative estimate of drug-likeness (QED) is 0.671. The Hall–Kier alpha value is -0.570. The molecular formula is C10H19NO2. The summed E-state index contributed by atoms with van der Waals surface area (Å²) in [7, 11) is 1.43. The van der Waals surface area contributed by atoms with Crippen LogP contribution < -0.4 is 5.32 Å². The van der Waals surface area contributed by atoms with Crippen LogP contribution in [0, 0.1) is 5.92 Å². The van der Waals surface area contributed by atoms with Gasteiger partial charge in [-0.05, 0) is 18.8 Å². The second-order valence-corrected chi connectivity index (χ2v) is 3.79. The van der Waals surface area contributed by atoms with Crippen molar-refractivity contribution in [2.75, 3.05) is 13.7 Å². The Bertz CT molecular complexity index is 170. The standard InChI is InChI=1S/C10H19NO2/c1-8-4-3-5-9(8)11-7-6-10(12)13-2/h8-9,11H,3-7H2,1-2H3. The van der Waals surface area contributed by atoms with E-state index in [1.807, 2.05) is 0 Å². The van der Waals surface area contributed by atoms with Crippen LogP contribution in [-0.4, -0.2) is 25.7 Å². The van der Waals surface area contributed by atoms with Gasteiger partial charge >= 0.3 is 5.97 Å². The number of ether oxygens (including phenoxy) is 1. The molecule has 1 rings (SSSR count). The molecule has 1 saturated carbocycles. The Kier molecular flexibility index (Phi) is 4.22. The lowest BCUT2D eigenvalue weighted by Crippen LogP contribution is -2.32. The highest BCUT2D eigenvalue weighted by Crippen LogP contribution is 2.24. The number of esters is 1. The second-order valence-electron chi connectivity index (χ2n) is 3.79. The van der Waals surface area contributed by atoms with E-state index in [-0.39, 0.29) is 5.97 Å². The number of rotatable bonds is 4. The molecule has 0 bridgehead atoms. The summed E-state index contributed by atoms with van der Waals surface area (Å²) >= 11 is 0. The van der Waals surface area contributed by atoms with Crippen molar-refractivity contribution < 1.29 is 9.53 Å². The molecule has 3 heteroatoms. The van der Waals surface area contributed by atoms with Crippen molar-refractivity contribution in [3.63, 3.8) is 0 Å². The van der Waals surface area contributed by atoms with Gasteiger partial charge < -0.3 is 10.1 Å². The number of carbonyl (C=O) groups is 1. The molecule has 0 heterocycles. The van der Waals surface area contributed by atoms with E-state index in [2.05, 4.69) is 17.0 Å². The molecule has 0 aliphatic heterocycles. The van der Waals surface area contributed by atoms with Gasteiger partial charge in [-0.15, -0.1) is 0 Å². The van der Waals surface area contributed by atoms with Crippen LogP contribution in [0.2, 0.25) is 0 Å². The van der Waals surface area contributed by atoms with Crippen LogP contribution in [0.4, 0.5) is 0 Å². The molecule has 0 amide bonds. The van der Waals surface area contributed by atoms with Gasteiger partial charge in [0, 0.05) is 12.6 Å². The smallest absolute Gasteiger partial charge is 0.306 e. The normalized spacial score (nSPS) is 27.5. The lowest BCUT2D eigenvalue weighted by atomic mass is 10.1. The first-order valence-corrected chi connectivity index (χ1v) is 5.04. The maximum Gasteiger partial charge on any atom is 0.306 e. The third-order valence-corrected chi connectivity index (χ3v) is 2.82. The molecule has 1 aliphatic carbocycles. The van der Waals surface area contributed by atoms with Gasteiger partial charge in [0.1, 0.15) is 0 Å². The number of methoxy groups -OCH3 is 1. The van der Waals surface area contributed by atoms with Crippen LogP contribution in [0.15, 0.2) is 0 Å². The van der Waals surface area contributed by atoms with Crippen LogP contribution in [0.1, 0.15) is 32.6 Å². The highest BCUT2D eigenvalue weighted by molar-refractivity contribution is 5.69. The van der Waals surface area contributed by atoms with Gasteiger partial charge in [0.25, 0.3) is 0 Å². The fraction of sp³-hybridized carbons (Fsp3) is 0.900. The first kappa shape index (κ1) is 10.5. The van der Waals surface area contributed by atoms with E-state index < -0.39 is 0 Å². The average molecular weight is 185 g/mol. The first-order valence-electron chi connectivity index (χ1n) is 5.04. The zero-order valence-electron chi connectivity index (χ0n) is 8.51. The molecule has 2 atom stereocenters. The molecule has 0 aromatic heterocycles. The predicted molar refractivity (Wildman–Crippen MR) is 51.4 cm³/mol. The monoisotopic (exact) mass is 185 g/mol. The van der Waals surface area contributed by atoms with Gasteiger partial charge in [-0.1, -0.05) is 13.3 Å². The number of carbonyl (C=O) groups excluding carboxylic acids is 1. The molecule has 1 aliphatic rings. The molecule has 3 nitrogen and oxygen atoms in total. The number of hydrogen-bond donors (Lipinski definition) is 1. The van der Waals surface area contributed by atoms with Gasteiger partial charge in [-0.3, -0.25) is 4.79 Å². The highest BCUT2D eigenvalue weighted by atomic mass is 16.5. The van der Waals surface area contributed by atoms with Crippen molar-refractivity contribution in [2.24, 2.45) is 5.92 Å². The van der Waals surface area contributed by atoms with Crippen molar-refractivity contribution in [2.45, 2.75) is 38.6 Å². The van der Waals surface area contributed by atoms with Crippen LogP contribution >= 0.6 is 0 Å². The first-order chi connectivity index (χ1) is 6.24. The minimum absolute atomic E-state index is 0.127. The molecule has 0 spiro atoms. The van der Waals surface area contributed by atoms with Gasteiger partial charge in [0.2, 0.25) is 0 Å². The molecule has 0 saturated heterocycles. The zero-order valence-corrected chi connectivity index (χ0v) is 8.51. The molecule has 1 fully saturated rings. The van der Waals surface area contributed by atoms with Gasteiger partial charge in [-0.25, -0.2) is 0 Å². The molecule has 2 unspecified atom stereocenters. The second kappa shape index (κ2) is 5.22. The summed E-state index contributed by atoms with van der Waals surface area (Å²) < 4.78 is 4.56. The third kappa shape index (κ3) is 3.35. The van der Waals surface area contributed by atoms with E-state index in [0.717, 1.165) is 12.5 Å². The Morgan fingerprint density at radius 2 is 2.31 bits per heavy atom. The van der Waals surface area contributed by atoms with Crippen LogP contribution in [0.25, 0.3) is 0 Å². The Morgan fingerprint density at radius 3 is 2.85 bits per heavy atom. The third-order valence-electron chi connectivity index (χ3n) is 2.82. The van der Waals surface area contributed by atoms with Crippen LogP contribution in [0.3, 0.4) is 0 Å². The van der Waals surface area contributed by atoms with Gasteiger partial charge in [-0.2, -0.15) is 0 Å². The number of nitrogens with one attached hydrogen (secondary N) is 1. The van der Waals surface area contributed by atoms with Crippen molar-refractivity contribution in [1.82, 2.24) is 5.32 Å². The van der Waals surface area contributed by atoms with E-state index in [0.29, 0.717) is 12.5 Å². The molecular weight excluding hydrogens is 166 g/mol. The molecule has 0 aromatic carbocycles. The predicted octanol–water partition coefficient (Wildman–Crippen LogP) is 1.33. The highest BCUT2D eigenvalue weighted by Gasteiger charge is 2.22. The summed E-state index contributed by atoms with van der Waals surface area (Å²) in [5.41, 5.74) is 0. The molecule has 1 N–H and O–H groups in total. The van der Waals surface area contributed by atoms with Gasteiger partial charge in [0.05, 0.1) is 13.5 Å². The van der Waals surface area contributed by atoms with Crippen molar-refractivity contribution in [1.29, 1.82) is 0 Å². The average Bonchev–Trinajstić information content (AvgIpc) is 2.52. The van der Waals surface area contributed by atoms with Gasteiger partial charge in [0.15, 0.2) is 0 Å². The fourth-order valence-electron chi connectivity index (χ4n) is 1.91. The Balaban J connectivity index is 2.08. The number of hydrogen-bond acceptors (Lipinski definition) is 3. The fourth-order valence-corrected chi connectivity index (χ4v) is 1.91. The molecule has 0 aromatic rings. The maximum atomic E-state index is 10.8. The minimum Gasteiger partial charge on any atom is -0.469 e. The molecule has 0 radical (unpaired) electrons. The van der Waals surface area contributed by atoms with Crippen molar-refractivity contribution >= 4 is 5.97 Å². The van der Waals surface area contributed by atoms with E-state index in [9.17, 15) is 4.79 Å². The zero-order chi connectivity index (χ0) is 9.68. The summed E-state index contributed by atoms with van der Waals surface area (Å²) in [6, 6.07) is 0.615. The van der Waals surface area contributed by atoms with E-state index in [4.69, 9.17) is 0 Å². The summed E-state index contributed by atoms with van der Waals surface area (Å²) in [5, 5.41) is 3.40. The molecule has 76 valence electrons. The Labute approximate surface area is 79.8 Å². The summed E-state index contributed by atoms with van der Waals surface area (Å²) in [5.74, 6) is 0.635. The maximum absolute atomic E-state index is 10.8. The summed E-state index contributed by atoms with van der Waals surface area (Å²) in [4.78, 5) is 10.8. The van der Waals surface area contributed by atoms with Crippen LogP contribution in [-0.2, 0) is 9.53 Å². The van der Waals surface area contributed by atoms with E-state index in [1.54, 1.807) is 0 Å². The lowest BCUT2D eigenvalue weighted by Gasteiger charge is -2.16. The SMILES string of the molecule is COC(=O)CCNC1CCCC1C. The van der Waals surface area contributed by atoms with E-state index >= 15 is 0 Å². The minimum atomic E-state index is -0.127. The van der Waals surface area contributed by atoms with Crippen molar-refractivity contribution in [3.8, 4) is 0 Å². The topological polar surface area (TPSA) is 38.3 Å². The summed E-state index contributed by atoms with van der Waals surface area (Å²) in [6.07, 6.45) is 4.37.